The van der Waals surface area contributed by atoms with Gasteiger partial charge in [-0.15, -0.1) is 10.2 Å². The minimum Gasteiger partial charge on any atom is -0.300 e. The number of carbonyl (C=O) groups excluding carboxylic acids is 2. The second-order valence-corrected chi connectivity index (χ2v) is 9.29. The average Bonchev–Trinajstić information content (AvgIpc) is 3.45. The molecule has 0 aromatic carbocycles. The molecular weight excluding hydrogens is 416 g/mol. The molecule has 33 heavy (non-hydrogen) atoms. The number of unbranched alkanes of at least 4 members (excludes halogenated alkanes) is 5. The smallest absolute Gasteiger partial charge is 0.135 e. The first-order chi connectivity index (χ1) is 16.0. The normalized spacial score (nSPS) is 11.4. The molecule has 8 heteroatoms. The Morgan fingerprint density at radius 1 is 0.758 bits per heavy atom. The van der Waals surface area contributed by atoms with Crippen LogP contribution < -0.4 is 0 Å². The summed E-state index contributed by atoms with van der Waals surface area (Å²) >= 11 is 0. The topological polar surface area (TPSA) is 95.6 Å². The number of rotatable bonds is 19. The zero-order chi connectivity index (χ0) is 23.9. The molecule has 8 nitrogen and oxygen atoms in total. The summed E-state index contributed by atoms with van der Waals surface area (Å²) in [5, 5.41) is 17.0. The molecule has 0 amide bonds. The Morgan fingerprint density at radius 3 is 1.76 bits per heavy atom. The van der Waals surface area contributed by atoms with Gasteiger partial charge in [0.15, 0.2) is 0 Å². The van der Waals surface area contributed by atoms with Gasteiger partial charge in [-0.1, -0.05) is 44.0 Å². The zero-order valence-corrected chi connectivity index (χ0v) is 20.8. The minimum atomic E-state index is 0.135. The van der Waals surface area contributed by atoms with Gasteiger partial charge in [-0.05, 0) is 51.4 Å². The van der Waals surface area contributed by atoms with Crippen LogP contribution in [0.15, 0.2) is 12.4 Å². The van der Waals surface area contributed by atoms with E-state index >= 15 is 0 Å². The van der Waals surface area contributed by atoms with Gasteiger partial charge in [0, 0.05) is 50.7 Å². The molecule has 0 fully saturated rings. The number of aryl methyl sites for hydroxylation is 4. The number of carbonyl (C=O) groups is 2. The van der Waals surface area contributed by atoms with E-state index in [2.05, 4.69) is 20.6 Å². The third-order valence-electron chi connectivity index (χ3n) is 5.98. The zero-order valence-electron chi connectivity index (χ0n) is 20.8. The monoisotopic (exact) mass is 458 g/mol. The highest BCUT2D eigenvalue weighted by atomic mass is 16.1. The van der Waals surface area contributed by atoms with Gasteiger partial charge < -0.3 is 0 Å². The summed E-state index contributed by atoms with van der Waals surface area (Å²) in [6.45, 7) is 7.50. The molecule has 2 rings (SSSR count). The number of nitrogens with zero attached hydrogens (tertiary/aromatic N) is 6. The van der Waals surface area contributed by atoms with E-state index in [1.807, 2.05) is 42.5 Å². The van der Waals surface area contributed by atoms with E-state index in [1.165, 1.54) is 12.8 Å². The maximum Gasteiger partial charge on any atom is 0.135 e. The van der Waals surface area contributed by atoms with Gasteiger partial charge in [-0.3, -0.25) is 19.0 Å². The SMILES string of the molecule is CCC(=O)CCCCn1cc(CCCCCCc2cn(CCCCC(=O)C(C)C)nn2)nn1. The lowest BCUT2D eigenvalue weighted by Gasteiger charge is -2.03. The van der Waals surface area contributed by atoms with Crippen LogP contribution in [0, 0.1) is 5.92 Å². The fourth-order valence-electron chi connectivity index (χ4n) is 3.72. The third kappa shape index (κ3) is 11.3. The van der Waals surface area contributed by atoms with Crippen molar-refractivity contribution in [1.29, 1.82) is 0 Å². The van der Waals surface area contributed by atoms with E-state index in [0.29, 0.717) is 30.8 Å². The Kier molecular flexibility index (Phi) is 12.6. The molecule has 0 N–H and O–H groups in total. The quantitative estimate of drug-likeness (QED) is 0.282. The number of hydrogen-bond acceptors (Lipinski definition) is 6. The predicted molar refractivity (Wildman–Crippen MR) is 129 cm³/mol. The van der Waals surface area contributed by atoms with Crippen LogP contribution in [-0.4, -0.2) is 41.6 Å². The van der Waals surface area contributed by atoms with Crippen molar-refractivity contribution in [2.45, 2.75) is 117 Å². The van der Waals surface area contributed by atoms with Gasteiger partial charge in [0.25, 0.3) is 0 Å². The van der Waals surface area contributed by atoms with Gasteiger partial charge in [-0.2, -0.15) is 0 Å². The number of ketones is 2. The Bertz CT molecular complexity index is 826. The molecular formula is C25H42N6O2. The minimum absolute atomic E-state index is 0.135. The molecule has 0 aliphatic carbocycles. The van der Waals surface area contributed by atoms with Gasteiger partial charge in [0.05, 0.1) is 11.4 Å². The van der Waals surface area contributed by atoms with E-state index in [0.717, 1.165) is 75.8 Å². The summed E-state index contributed by atoms with van der Waals surface area (Å²) < 4.78 is 3.80. The molecule has 0 spiro atoms. The highest BCUT2D eigenvalue weighted by Gasteiger charge is 2.07. The van der Waals surface area contributed by atoms with Gasteiger partial charge in [0.1, 0.15) is 11.6 Å². The molecule has 0 atom stereocenters. The summed E-state index contributed by atoms with van der Waals surface area (Å²) in [6, 6.07) is 0. The van der Waals surface area contributed by atoms with E-state index in [-0.39, 0.29) is 5.92 Å². The van der Waals surface area contributed by atoms with Crippen molar-refractivity contribution in [3.05, 3.63) is 23.8 Å². The van der Waals surface area contributed by atoms with Crippen LogP contribution >= 0.6 is 0 Å². The molecule has 2 heterocycles. The Balaban J connectivity index is 1.50. The van der Waals surface area contributed by atoms with Crippen molar-refractivity contribution in [3.8, 4) is 0 Å². The van der Waals surface area contributed by atoms with E-state index < -0.39 is 0 Å². The highest BCUT2D eigenvalue weighted by Crippen LogP contribution is 2.10. The summed E-state index contributed by atoms with van der Waals surface area (Å²) in [5.41, 5.74) is 2.11. The molecule has 0 unspecified atom stereocenters. The Hall–Kier alpha value is -2.38. The third-order valence-corrected chi connectivity index (χ3v) is 5.98. The fourth-order valence-corrected chi connectivity index (χ4v) is 3.72. The summed E-state index contributed by atoms with van der Waals surface area (Å²) in [7, 11) is 0. The lowest BCUT2D eigenvalue weighted by atomic mass is 10.0. The molecule has 0 radical (unpaired) electrons. The molecule has 2 aromatic heterocycles. The average molecular weight is 459 g/mol. The lowest BCUT2D eigenvalue weighted by Crippen LogP contribution is -2.07. The Labute approximate surface area is 198 Å². The second-order valence-electron chi connectivity index (χ2n) is 9.29. The predicted octanol–water partition coefficient (Wildman–Crippen LogP) is 4.76. The van der Waals surface area contributed by atoms with Crippen LogP contribution in [-0.2, 0) is 35.5 Å². The van der Waals surface area contributed by atoms with Crippen molar-refractivity contribution in [2.24, 2.45) is 5.92 Å². The first-order valence-electron chi connectivity index (χ1n) is 12.8. The van der Waals surface area contributed by atoms with Crippen molar-refractivity contribution in [1.82, 2.24) is 30.0 Å². The van der Waals surface area contributed by atoms with Crippen LogP contribution in [0.4, 0.5) is 0 Å². The maximum atomic E-state index is 11.7. The van der Waals surface area contributed by atoms with Crippen molar-refractivity contribution >= 4 is 11.6 Å². The number of hydrogen-bond donors (Lipinski definition) is 0. The van der Waals surface area contributed by atoms with Crippen molar-refractivity contribution in [3.63, 3.8) is 0 Å². The van der Waals surface area contributed by atoms with Crippen molar-refractivity contribution in [2.75, 3.05) is 0 Å². The molecule has 0 saturated carbocycles. The van der Waals surface area contributed by atoms with E-state index in [4.69, 9.17) is 0 Å². The molecule has 0 bridgehead atoms. The first kappa shape index (κ1) is 26.9. The first-order valence-corrected chi connectivity index (χ1v) is 12.8. The van der Waals surface area contributed by atoms with Crippen LogP contribution in [0.3, 0.4) is 0 Å². The summed E-state index contributed by atoms with van der Waals surface area (Å²) in [5.74, 6) is 0.816. The molecule has 184 valence electrons. The molecule has 2 aromatic rings. The molecule has 0 aliphatic heterocycles. The van der Waals surface area contributed by atoms with Crippen molar-refractivity contribution < 1.29 is 9.59 Å². The Morgan fingerprint density at radius 2 is 1.27 bits per heavy atom. The second kappa shape index (κ2) is 15.5. The number of Topliss-reactive ketones (excluding diaryl/α,β-unsaturated/α-hetero) is 2. The van der Waals surface area contributed by atoms with Crippen LogP contribution in [0.25, 0.3) is 0 Å². The lowest BCUT2D eigenvalue weighted by molar-refractivity contribution is -0.122. The van der Waals surface area contributed by atoms with E-state index in [9.17, 15) is 9.59 Å². The van der Waals surface area contributed by atoms with E-state index in [1.54, 1.807) is 0 Å². The largest absolute Gasteiger partial charge is 0.300 e. The summed E-state index contributed by atoms with van der Waals surface area (Å²) in [6.07, 6.45) is 16.3. The summed E-state index contributed by atoms with van der Waals surface area (Å²) in [4.78, 5) is 23.0. The highest BCUT2D eigenvalue weighted by molar-refractivity contribution is 5.80. The van der Waals surface area contributed by atoms with Gasteiger partial charge in [-0.25, -0.2) is 0 Å². The van der Waals surface area contributed by atoms with Crippen LogP contribution in [0.5, 0.6) is 0 Å². The van der Waals surface area contributed by atoms with Gasteiger partial charge >= 0.3 is 0 Å². The standard InChI is InChI=1S/C25H42N6O2/c1-4-24(32)15-9-11-17-30-19-22(26-28-30)13-7-5-6-8-14-23-20-31(29-27-23)18-12-10-16-25(33)21(2)3/h19-21H,4-18H2,1-3H3. The van der Waals surface area contributed by atoms with Crippen LogP contribution in [0.1, 0.15) is 103 Å². The number of aromatic nitrogens is 6. The van der Waals surface area contributed by atoms with Gasteiger partial charge in [0.2, 0.25) is 0 Å². The van der Waals surface area contributed by atoms with Crippen LogP contribution in [0.2, 0.25) is 0 Å². The molecule has 0 aliphatic rings. The molecule has 0 saturated heterocycles. The fraction of sp³-hybridized carbons (Fsp3) is 0.760. The maximum absolute atomic E-state index is 11.7.